The number of Topliss-reactive ketones (excluding diaryl/α,β-unsaturated/α-hetero) is 1. The topological polar surface area (TPSA) is 171 Å². The molecule has 0 radical (unpaired) electrons. The Morgan fingerprint density at radius 2 is 1.59 bits per heavy atom. The Labute approximate surface area is 242 Å². The van der Waals surface area contributed by atoms with Gasteiger partial charge in [0.1, 0.15) is 17.7 Å². The van der Waals surface area contributed by atoms with E-state index in [9.17, 15) is 32.7 Å². The molecule has 1 aliphatic heterocycles. The van der Waals surface area contributed by atoms with Gasteiger partial charge in [-0.25, -0.2) is 8.42 Å². The molecular formula is C29H43N3O8S. The highest BCUT2D eigenvalue weighted by Crippen LogP contribution is 2.33. The summed E-state index contributed by atoms with van der Waals surface area (Å²) in [7, 11) is -3.42. The second kappa shape index (κ2) is 13.0. The standard InChI is InChI=1S/C29H43N3O8S/c1-18(30-24(33)16-28(2,3)37)26(35)32-23(15-20-10-12-21(13-11-20)41(5,38)39)27(36)31-22(14-19-8-6-7-9-19)25(34)29(4)17-40-29/h10-13,18-19,22-23,37H,6-9,14-17H2,1-5H3,(H,30,33)(H,31,36)(H,32,35)/t18-,22+,23+,29-/m1/s1. The zero-order valence-electron chi connectivity index (χ0n) is 24.5. The lowest BCUT2D eigenvalue weighted by molar-refractivity contribution is -0.134. The first-order valence-corrected chi connectivity index (χ1v) is 16.0. The highest BCUT2D eigenvalue weighted by atomic mass is 32.2. The van der Waals surface area contributed by atoms with Crippen molar-refractivity contribution in [2.24, 2.45) is 5.92 Å². The Balaban J connectivity index is 1.79. The molecule has 4 atom stereocenters. The van der Waals surface area contributed by atoms with Crippen LogP contribution in [0.4, 0.5) is 0 Å². The van der Waals surface area contributed by atoms with Crippen molar-refractivity contribution in [3.05, 3.63) is 29.8 Å². The van der Waals surface area contributed by atoms with E-state index in [4.69, 9.17) is 4.74 Å². The summed E-state index contributed by atoms with van der Waals surface area (Å²) in [5, 5.41) is 18.0. The van der Waals surface area contributed by atoms with Crippen LogP contribution < -0.4 is 16.0 Å². The van der Waals surface area contributed by atoms with E-state index >= 15 is 0 Å². The second-order valence-electron chi connectivity index (χ2n) is 12.3. The molecule has 1 saturated heterocycles. The number of carbonyl (C=O) groups excluding carboxylic acids is 4. The molecule has 0 aromatic heterocycles. The maximum absolute atomic E-state index is 13.6. The molecule has 11 nitrogen and oxygen atoms in total. The molecule has 0 spiro atoms. The van der Waals surface area contributed by atoms with Crippen LogP contribution in [0, 0.1) is 5.92 Å². The molecule has 12 heteroatoms. The van der Waals surface area contributed by atoms with Gasteiger partial charge < -0.3 is 25.8 Å². The summed E-state index contributed by atoms with van der Waals surface area (Å²) in [5.41, 5.74) is -1.60. The van der Waals surface area contributed by atoms with Crippen molar-refractivity contribution in [1.29, 1.82) is 0 Å². The van der Waals surface area contributed by atoms with Crippen molar-refractivity contribution in [3.63, 3.8) is 0 Å². The smallest absolute Gasteiger partial charge is 0.243 e. The number of hydrogen-bond acceptors (Lipinski definition) is 8. The summed E-state index contributed by atoms with van der Waals surface area (Å²) in [5.74, 6) is -1.63. The van der Waals surface area contributed by atoms with E-state index in [-0.39, 0.29) is 30.1 Å². The van der Waals surface area contributed by atoms with Crippen molar-refractivity contribution in [2.45, 2.75) is 107 Å². The maximum atomic E-state index is 13.6. The van der Waals surface area contributed by atoms with Crippen LogP contribution in [0.25, 0.3) is 0 Å². The Bertz CT molecular complexity index is 1230. The van der Waals surface area contributed by atoms with Crippen molar-refractivity contribution >= 4 is 33.3 Å². The minimum Gasteiger partial charge on any atom is -0.390 e. The quantitative estimate of drug-likeness (QED) is 0.233. The number of ether oxygens (including phenoxy) is 1. The number of nitrogens with one attached hydrogen (secondary N) is 3. The Kier molecular flexibility index (Phi) is 10.4. The number of aliphatic hydroxyl groups is 1. The van der Waals surface area contributed by atoms with E-state index in [1.165, 1.54) is 32.9 Å². The Hall–Kier alpha value is -2.83. The molecule has 0 unspecified atom stereocenters. The minimum atomic E-state index is -3.42. The predicted octanol–water partition coefficient (Wildman–Crippen LogP) is 1.21. The number of hydrogen-bond donors (Lipinski definition) is 4. The summed E-state index contributed by atoms with van der Waals surface area (Å²) in [6, 6.07) is 3.08. The summed E-state index contributed by atoms with van der Waals surface area (Å²) < 4.78 is 29.1. The molecule has 1 saturated carbocycles. The van der Waals surface area contributed by atoms with Gasteiger partial charge in [0.05, 0.1) is 29.6 Å². The molecule has 1 aromatic rings. The largest absolute Gasteiger partial charge is 0.390 e. The van der Waals surface area contributed by atoms with Gasteiger partial charge in [-0.15, -0.1) is 0 Å². The Morgan fingerprint density at radius 1 is 1.02 bits per heavy atom. The first kappa shape index (κ1) is 32.7. The van der Waals surface area contributed by atoms with Crippen LogP contribution in [0.3, 0.4) is 0 Å². The fraction of sp³-hybridized carbons (Fsp3) is 0.655. The lowest BCUT2D eigenvalue weighted by atomic mass is 9.90. The number of benzene rings is 1. The lowest BCUT2D eigenvalue weighted by Crippen LogP contribution is -2.57. The fourth-order valence-corrected chi connectivity index (χ4v) is 5.70. The van der Waals surface area contributed by atoms with Gasteiger partial charge in [0, 0.05) is 12.7 Å². The molecule has 2 fully saturated rings. The number of ketones is 1. The third-order valence-electron chi connectivity index (χ3n) is 7.56. The van der Waals surface area contributed by atoms with Gasteiger partial charge in [0.15, 0.2) is 15.6 Å². The van der Waals surface area contributed by atoms with Gasteiger partial charge in [0.2, 0.25) is 17.7 Å². The van der Waals surface area contributed by atoms with Gasteiger partial charge in [-0.1, -0.05) is 37.8 Å². The van der Waals surface area contributed by atoms with E-state index < -0.39 is 56.9 Å². The van der Waals surface area contributed by atoms with E-state index in [2.05, 4.69) is 16.0 Å². The number of amides is 3. The van der Waals surface area contributed by atoms with Gasteiger partial charge in [-0.3, -0.25) is 19.2 Å². The minimum absolute atomic E-state index is 0.0179. The molecule has 1 heterocycles. The van der Waals surface area contributed by atoms with Crippen LogP contribution in [0.5, 0.6) is 0 Å². The normalized spacial score (nSPS) is 21.4. The maximum Gasteiger partial charge on any atom is 0.243 e. The molecule has 228 valence electrons. The molecule has 3 rings (SSSR count). The molecule has 3 amide bonds. The van der Waals surface area contributed by atoms with Crippen LogP contribution >= 0.6 is 0 Å². The van der Waals surface area contributed by atoms with Gasteiger partial charge in [-0.2, -0.15) is 0 Å². The van der Waals surface area contributed by atoms with Crippen molar-refractivity contribution in [3.8, 4) is 0 Å². The van der Waals surface area contributed by atoms with Crippen molar-refractivity contribution < 1.29 is 37.4 Å². The molecule has 41 heavy (non-hydrogen) atoms. The van der Waals surface area contributed by atoms with Crippen LogP contribution in [0.1, 0.15) is 71.8 Å². The third-order valence-corrected chi connectivity index (χ3v) is 8.69. The number of sulfone groups is 1. The monoisotopic (exact) mass is 593 g/mol. The summed E-state index contributed by atoms with van der Waals surface area (Å²) in [6.45, 7) is 6.40. The number of rotatable bonds is 14. The van der Waals surface area contributed by atoms with Gasteiger partial charge >= 0.3 is 0 Å². The number of epoxide rings is 1. The van der Waals surface area contributed by atoms with E-state index in [1.807, 2.05) is 0 Å². The molecule has 1 aliphatic carbocycles. The highest BCUT2D eigenvalue weighted by Gasteiger charge is 2.50. The second-order valence-corrected chi connectivity index (χ2v) is 14.3. The average Bonchev–Trinajstić information content (AvgIpc) is 3.39. The Morgan fingerprint density at radius 3 is 2.10 bits per heavy atom. The zero-order chi connectivity index (χ0) is 30.6. The van der Waals surface area contributed by atoms with E-state index in [0.29, 0.717) is 17.9 Å². The summed E-state index contributed by atoms with van der Waals surface area (Å²) >= 11 is 0. The van der Waals surface area contributed by atoms with Gasteiger partial charge in [0.25, 0.3) is 0 Å². The molecular weight excluding hydrogens is 550 g/mol. The molecule has 4 N–H and O–H groups in total. The zero-order valence-corrected chi connectivity index (χ0v) is 25.3. The van der Waals surface area contributed by atoms with Crippen LogP contribution in [0.2, 0.25) is 0 Å². The molecule has 2 aliphatic rings. The van der Waals surface area contributed by atoms with E-state index in [1.54, 1.807) is 19.1 Å². The third kappa shape index (κ3) is 9.89. The summed E-state index contributed by atoms with van der Waals surface area (Å²) in [6.07, 6.45) is 5.49. The van der Waals surface area contributed by atoms with E-state index in [0.717, 1.165) is 31.9 Å². The van der Waals surface area contributed by atoms with Gasteiger partial charge in [-0.05, 0) is 57.7 Å². The van der Waals surface area contributed by atoms with Crippen LogP contribution in [-0.4, -0.2) is 79.2 Å². The lowest BCUT2D eigenvalue weighted by Gasteiger charge is -2.27. The summed E-state index contributed by atoms with van der Waals surface area (Å²) in [4.78, 5) is 52.4. The predicted molar refractivity (Wildman–Crippen MR) is 152 cm³/mol. The number of carbonyl (C=O) groups is 4. The van der Waals surface area contributed by atoms with Crippen molar-refractivity contribution in [1.82, 2.24) is 16.0 Å². The van der Waals surface area contributed by atoms with Crippen LogP contribution in [-0.2, 0) is 40.2 Å². The fourth-order valence-electron chi connectivity index (χ4n) is 5.07. The van der Waals surface area contributed by atoms with Crippen LogP contribution in [0.15, 0.2) is 29.2 Å². The first-order chi connectivity index (χ1) is 19.0. The van der Waals surface area contributed by atoms with Crippen molar-refractivity contribution in [2.75, 3.05) is 12.9 Å². The first-order valence-electron chi connectivity index (χ1n) is 14.1. The average molecular weight is 594 g/mol. The molecule has 1 aromatic carbocycles. The highest BCUT2D eigenvalue weighted by molar-refractivity contribution is 7.90. The SMILES string of the molecule is C[C@@H](NC(=O)CC(C)(C)O)C(=O)N[C@@H](Cc1ccc(S(C)(=O)=O)cc1)C(=O)N[C@@H](CC1CCCC1)C(=O)[C@@]1(C)CO1. The molecule has 0 bridgehead atoms.